The average Bonchev–Trinajstić information content (AvgIpc) is 2.27. The van der Waals surface area contributed by atoms with Crippen LogP contribution in [0.25, 0.3) is 0 Å². The van der Waals surface area contributed by atoms with Crippen molar-refractivity contribution in [2.45, 2.75) is 63.0 Å². The first-order chi connectivity index (χ1) is 8.23. The smallest absolute Gasteiger partial charge is 0.0933 e. The number of nitrogens with one attached hydrogen (secondary N) is 1. The zero-order valence-corrected chi connectivity index (χ0v) is 10.8. The molecule has 5 fully saturated rings. The van der Waals surface area contributed by atoms with Crippen molar-refractivity contribution in [1.29, 1.82) is 0 Å². The van der Waals surface area contributed by atoms with Gasteiger partial charge in [-0.2, -0.15) is 0 Å². The first kappa shape index (κ1) is 10.8. The highest BCUT2D eigenvalue weighted by Gasteiger charge is 2.57. The van der Waals surface area contributed by atoms with E-state index in [1.54, 1.807) is 0 Å². The molecule has 5 rings (SSSR count). The van der Waals surface area contributed by atoms with Gasteiger partial charge in [-0.15, -0.1) is 0 Å². The third-order valence-electron chi connectivity index (χ3n) is 6.21. The predicted molar refractivity (Wildman–Crippen MR) is 66.8 cm³/mol. The van der Waals surface area contributed by atoms with Crippen molar-refractivity contribution in [2.24, 2.45) is 17.8 Å². The van der Waals surface area contributed by atoms with Crippen molar-refractivity contribution in [1.82, 2.24) is 0 Å². The molecule has 0 radical (unpaired) electrons. The fraction of sp³-hybridized carbons (Fsp3) is 1.00. The Morgan fingerprint density at radius 2 is 1.53 bits per heavy atom. The van der Waals surface area contributed by atoms with E-state index in [0.29, 0.717) is 0 Å². The fourth-order valence-corrected chi connectivity index (χ4v) is 5.99. The number of likely N-dealkylation sites (tertiary alicyclic amines) is 1. The summed E-state index contributed by atoms with van der Waals surface area (Å²) in [4.78, 5) is 1.91. The lowest BCUT2D eigenvalue weighted by Gasteiger charge is -2.58. The summed E-state index contributed by atoms with van der Waals surface area (Å²) in [6, 6.07) is 0.923. The van der Waals surface area contributed by atoms with Crippen LogP contribution in [0, 0.1) is 17.8 Å². The maximum absolute atomic E-state index is 10.6. The number of rotatable bonds is 1. The molecule has 4 bridgehead atoms. The van der Waals surface area contributed by atoms with Crippen molar-refractivity contribution in [3.8, 4) is 0 Å². The van der Waals surface area contributed by atoms with E-state index >= 15 is 0 Å². The highest BCUT2D eigenvalue weighted by molar-refractivity contribution is 5.05. The summed E-state index contributed by atoms with van der Waals surface area (Å²) in [7, 11) is 0. The van der Waals surface area contributed by atoms with Crippen LogP contribution in [0.2, 0.25) is 0 Å². The van der Waals surface area contributed by atoms with E-state index in [2.05, 4.69) is 0 Å². The summed E-state index contributed by atoms with van der Waals surface area (Å²) in [5, 5.41) is 10.6. The molecule has 4 saturated carbocycles. The third-order valence-corrected chi connectivity index (χ3v) is 6.21. The molecular formula is C15H26NO+. The zero-order chi connectivity index (χ0) is 11.5. The maximum Gasteiger partial charge on any atom is 0.0933 e. The Morgan fingerprint density at radius 1 is 0.882 bits per heavy atom. The molecule has 3 unspecified atom stereocenters. The van der Waals surface area contributed by atoms with Crippen LogP contribution < -0.4 is 4.90 Å². The number of hydrogen-bond donors (Lipinski definition) is 2. The second-order valence-corrected chi connectivity index (χ2v) is 7.44. The van der Waals surface area contributed by atoms with Gasteiger partial charge in [0, 0.05) is 11.8 Å². The summed E-state index contributed by atoms with van der Waals surface area (Å²) in [5.41, 5.74) is -0.234. The van der Waals surface area contributed by atoms with Crippen LogP contribution in [0.3, 0.4) is 0 Å². The van der Waals surface area contributed by atoms with Crippen LogP contribution in [-0.4, -0.2) is 29.8 Å². The lowest BCUT2D eigenvalue weighted by atomic mass is 9.52. The topological polar surface area (TPSA) is 24.7 Å². The van der Waals surface area contributed by atoms with Crippen LogP contribution in [0.4, 0.5) is 0 Å². The Morgan fingerprint density at radius 3 is 2.12 bits per heavy atom. The van der Waals surface area contributed by atoms with E-state index in [0.717, 1.165) is 43.1 Å². The SMILES string of the molecule is OC12CC3C[C@H](C1)C([NH+]1CCCCC1)[C@@H](C3)C2. The van der Waals surface area contributed by atoms with E-state index in [1.807, 2.05) is 4.90 Å². The van der Waals surface area contributed by atoms with Crippen LogP contribution in [0.1, 0.15) is 51.4 Å². The molecule has 1 saturated heterocycles. The molecule has 1 aliphatic heterocycles. The molecule has 2 nitrogen and oxygen atoms in total. The zero-order valence-electron chi connectivity index (χ0n) is 10.8. The normalized spacial score (nSPS) is 54.2. The van der Waals surface area contributed by atoms with E-state index in [1.165, 1.54) is 45.2 Å². The molecule has 0 spiro atoms. The molecule has 2 N–H and O–H groups in total. The summed E-state index contributed by atoms with van der Waals surface area (Å²) in [6.45, 7) is 2.83. The second-order valence-electron chi connectivity index (χ2n) is 7.44. The molecule has 96 valence electrons. The highest BCUT2D eigenvalue weighted by Crippen LogP contribution is 2.55. The first-order valence-electron chi connectivity index (χ1n) is 7.80. The second kappa shape index (κ2) is 3.71. The lowest BCUT2D eigenvalue weighted by Crippen LogP contribution is -3.18. The Balaban J connectivity index is 1.57. The van der Waals surface area contributed by atoms with Crippen LogP contribution in [0.5, 0.6) is 0 Å². The highest BCUT2D eigenvalue weighted by atomic mass is 16.3. The van der Waals surface area contributed by atoms with Crippen LogP contribution in [-0.2, 0) is 0 Å². The van der Waals surface area contributed by atoms with Gasteiger partial charge in [0.25, 0.3) is 0 Å². The van der Waals surface area contributed by atoms with E-state index in [-0.39, 0.29) is 5.60 Å². The maximum atomic E-state index is 10.6. The van der Waals surface area contributed by atoms with Gasteiger partial charge in [0.15, 0.2) is 0 Å². The largest absolute Gasteiger partial charge is 0.390 e. The Hall–Kier alpha value is -0.0800. The van der Waals surface area contributed by atoms with Gasteiger partial charge in [0.1, 0.15) is 0 Å². The van der Waals surface area contributed by atoms with E-state index in [9.17, 15) is 5.11 Å². The minimum atomic E-state index is -0.234. The molecule has 5 aliphatic rings. The quantitative estimate of drug-likeness (QED) is 0.697. The molecule has 1 heterocycles. The van der Waals surface area contributed by atoms with E-state index < -0.39 is 0 Å². The molecule has 0 aromatic carbocycles. The number of aliphatic hydroxyl groups is 1. The Kier molecular flexibility index (Phi) is 2.36. The van der Waals surface area contributed by atoms with Gasteiger partial charge >= 0.3 is 0 Å². The number of hydrogen-bond acceptors (Lipinski definition) is 1. The van der Waals surface area contributed by atoms with Gasteiger partial charge in [0.05, 0.1) is 24.7 Å². The standard InChI is InChI=1S/C15H25NO/c17-15-8-11-6-12(9-15)14(13(7-11)10-15)16-4-2-1-3-5-16/h11-14,17H,1-10H2/p+1/t11?,12-,13+,14?,15?. The molecule has 4 aliphatic carbocycles. The average molecular weight is 236 g/mol. The molecule has 17 heavy (non-hydrogen) atoms. The van der Waals surface area contributed by atoms with Gasteiger partial charge in [-0.25, -0.2) is 0 Å². The molecule has 2 heteroatoms. The number of quaternary nitrogens is 1. The van der Waals surface area contributed by atoms with Gasteiger partial charge < -0.3 is 10.0 Å². The van der Waals surface area contributed by atoms with Crippen LogP contribution >= 0.6 is 0 Å². The van der Waals surface area contributed by atoms with Crippen molar-refractivity contribution in [2.75, 3.05) is 13.1 Å². The molecular weight excluding hydrogens is 210 g/mol. The fourth-order valence-electron chi connectivity index (χ4n) is 5.99. The summed E-state index contributed by atoms with van der Waals surface area (Å²) < 4.78 is 0. The predicted octanol–water partition coefficient (Wildman–Crippen LogP) is 0.995. The third kappa shape index (κ3) is 1.67. The summed E-state index contributed by atoms with van der Waals surface area (Å²) in [6.07, 6.45) is 10.6. The summed E-state index contributed by atoms with van der Waals surface area (Å²) >= 11 is 0. The lowest BCUT2D eigenvalue weighted by molar-refractivity contribution is -0.941. The monoisotopic (exact) mass is 236 g/mol. The number of piperidine rings is 1. The molecule has 0 amide bonds. The minimum absolute atomic E-state index is 0.234. The molecule has 0 aromatic heterocycles. The van der Waals surface area contributed by atoms with Crippen molar-refractivity contribution < 1.29 is 10.0 Å². The van der Waals surface area contributed by atoms with Crippen molar-refractivity contribution in [3.63, 3.8) is 0 Å². The summed E-state index contributed by atoms with van der Waals surface area (Å²) in [5.74, 6) is 2.59. The first-order valence-corrected chi connectivity index (χ1v) is 7.80. The van der Waals surface area contributed by atoms with Gasteiger partial charge in [-0.05, 0) is 57.3 Å². The minimum Gasteiger partial charge on any atom is -0.390 e. The molecule has 5 atom stereocenters. The van der Waals surface area contributed by atoms with Gasteiger partial charge in [-0.3, -0.25) is 0 Å². The Labute approximate surface area is 104 Å². The molecule has 0 aromatic rings. The van der Waals surface area contributed by atoms with Gasteiger partial charge in [0.2, 0.25) is 0 Å². The Bertz CT molecular complexity index is 294. The van der Waals surface area contributed by atoms with Crippen molar-refractivity contribution in [3.05, 3.63) is 0 Å². The van der Waals surface area contributed by atoms with Gasteiger partial charge in [-0.1, -0.05) is 0 Å². The van der Waals surface area contributed by atoms with Crippen LogP contribution in [0.15, 0.2) is 0 Å². The van der Waals surface area contributed by atoms with Crippen molar-refractivity contribution >= 4 is 0 Å². The van der Waals surface area contributed by atoms with E-state index in [4.69, 9.17) is 0 Å².